The molecule has 3 atom stereocenters. The molecule has 0 bridgehead atoms. The minimum Gasteiger partial charge on any atom is -0.383 e. The normalized spacial score (nSPS) is 26.0. The summed E-state index contributed by atoms with van der Waals surface area (Å²) in [6, 6.07) is 7.98. The summed E-state index contributed by atoms with van der Waals surface area (Å²) in [4.78, 5) is 47.0. The largest absolute Gasteiger partial charge is 0.383 e. The van der Waals surface area contributed by atoms with Gasteiger partial charge in [0.15, 0.2) is 0 Å². The van der Waals surface area contributed by atoms with Crippen molar-refractivity contribution >= 4 is 17.8 Å². The molecule has 0 N–H and O–H groups in total. The first-order chi connectivity index (χ1) is 17.6. The Labute approximate surface area is 214 Å². The van der Waals surface area contributed by atoms with Gasteiger partial charge >= 0.3 is 6.03 Å². The van der Waals surface area contributed by atoms with Gasteiger partial charge < -0.3 is 19.4 Å². The van der Waals surface area contributed by atoms with E-state index in [-0.39, 0.29) is 17.8 Å². The highest BCUT2D eigenvalue weighted by atomic mass is 16.5. The van der Waals surface area contributed by atoms with Gasteiger partial charge in [0, 0.05) is 52.2 Å². The maximum Gasteiger partial charge on any atom is 0.327 e. The first kappa shape index (κ1) is 25.2. The van der Waals surface area contributed by atoms with Gasteiger partial charge in [-0.05, 0) is 62.2 Å². The summed E-state index contributed by atoms with van der Waals surface area (Å²) < 4.78 is 5.31. The molecule has 36 heavy (non-hydrogen) atoms. The molecule has 4 aliphatic rings. The number of hydrogen-bond donors (Lipinski definition) is 0. The molecule has 1 aromatic rings. The third-order valence-electron chi connectivity index (χ3n) is 8.65. The van der Waals surface area contributed by atoms with Crippen LogP contribution in [-0.2, 0) is 27.3 Å². The van der Waals surface area contributed by atoms with Crippen LogP contribution in [0.3, 0.4) is 0 Å². The highest BCUT2D eigenvalue weighted by molar-refractivity contribution is 6.04. The van der Waals surface area contributed by atoms with Crippen LogP contribution in [0, 0.1) is 5.92 Å². The summed E-state index contributed by atoms with van der Waals surface area (Å²) in [6.07, 6.45) is 7.58. The molecule has 3 saturated heterocycles. The van der Waals surface area contributed by atoms with E-state index in [1.165, 1.54) is 50.1 Å². The topological polar surface area (TPSA) is 73.4 Å². The third-order valence-corrected chi connectivity index (χ3v) is 8.65. The quantitative estimate of drug-likeness (QED) is 0.492. The number of carbonyl (C=O) groups excluding carboxylic acids is 3. The van der Waals surface area contributed by atoms with Gasteiger partial charge in [-0.2, -0.15) is 0 Å². The summed E-state index contributed by atoms with van der Waals surface area (Å²) in [6.45, 7) is 5.04. The zero-order valence-electron chi connectivity index (χ0n) is 21.6. The highest BCUT2D eigenvalue weighted by Crippen LogP contribution is 2.32. The van der Waals surface area contributed by atoms with E-state index in [0.717, 1.165) is 17.7 Å². The number of urea groups is 1. The minimum atomic E-state index is -0.411. The van der Waals surface area contributed by atoms with Crippen molar-refractivity contribution in [2.75, 3.05) is 46.4 Å². The summed E-state index contributed by atoms with van der Waals surface area (Å²) in [5, 5.41) is 0. The van der Waals surface area contributed by atoms with Crippen LogP contribution in [0.2, 0.25) is 0 Å². The average molecular weight is 497 g/mol. The molecule has 0 spiro atoms. The van der Waals surface area contributed by atoms with Crippen LogP contribution in [0.5, 0.6) is 0 Å². The molecule has 8 heteroatoms. The molecule has 0 saturated carbocycles. The number of carbonyl (C=O) groups is 3. The Balaban J connectivity index is 1.16. The van der Waals surface area contributed by atoms with Gasteiger partial charge in [-0.15, -0.1) is 0 Å². The number of hydrogen-bond acceptors (Lipinski definition) is 5. The Hall–Kier alpha value is -2.45. The van der Waals surface area contributed by atoms with E-state index in [1.807, 2.05) is 29.2 Å². The van der Waals surface area contributed by atoms with Gasteiger partial charge in [-0.25, -0.2) is 4.79 Å². The number of piperidine rings is 2. The van der Waals surface area contributed by atoms with Crippen LogP contribution in [0.4, 0.5) is 4.79 Å². The van der Waals surface area contributed by atoms with E-state index in [0.29, 0.717) is 57.5 Å². The summed E-state index contributed by atoms with van der Waals surface area (Å²) >= 11 is 0. The van der Waals surface area contributed by atoms with Crippen LogP contribution >= 0.6 is 0 Å². The van der Waals surface area contributed by atoms with Gasteiger partial charge in [0.25, 0.3) is 5.91 Å². The Morgan fingerprint density at radius 1 is 1.08 bits per heavy atom. The van der Waals surface area contributed by atoms with E-state index < -0.39 is 6.04 Å². The molecule has 0 aromatic heterocycles. The first-order valence-electron chi connectivity index (χ1n) is 13.8. The molecular formula is C28H40N4O4. The second kappa shape index (κ2) is 11.3. The van der Waals surface area contributed by atoms with Gasteiger partial charge in [-0.1, -0.05) is 30.7 Å². The Morgan fingerprint density at radius 3 is 2.72 bits per heavy atom. The van der Waals surface area contributed by atoms with Crippen LogP contribution in [0.1, 0.15) is 56.1 Å². The number of methoxy groups -OCH3 is 1. The van der Waals surface area contributed by atoms with Crippen LogP contribution in [0.15, 0.2) is 24.3 Å². The van der Waals surface area contributed by atoms with Crippen molar-refractivity contribution in [1.29, 1.82) is 0 Å². The molecule has 0 unspecified atom stereocenters. The van der Waals surface area contributed by atoms with Crippen LogP contribution in [-0.4, -0.2) is 96.0 Å². The van der Waals surface area contributed by atoms with Crippen molar-refractivity contribution in [3.63, 3.8) is 0 Å². The zero-order valence-corrected chi connectivity index (χ0v) is 21.6. The van der Waals surface area contributed by atoms with Crippen molar-refractivity contribution in [2.24, 2.45) is 5.92 Å². The molecule has 4 heterocycles. The van der Waals surface area contributed by atoms with Crippen molar-refractivity contribution in [1.82, 2.24) is 19.6 Å². The number of nitrogens with zero attached hydrogens (tertiary/aromatic N) is 4. The summed E-state index contributed by atoms with van der Waals surface area (Å²) in [7, 11) is 1.67. The average Bonchev–Trinajstić information content (AvgIpc) is 3.13. The lowest BCUT2D eigenvalue weighted by molar-refractivity contribution is -0.134. The van der Waals surface area contributed by atoms with E-state index in [4.69, 9.17) is 4.74 Å². The fraction of sp³-hybridized carbons (Fsp3) is 0.679. The van der Waals surface area contributed by atoms with Gasteiger partial charge in [-0.3, -0.25) is 14.5 Å². The van der Waals surface area contributed by atoms with E-state index in [1.54, 1.807) is 12.0 Å². The lowest BCUT2D eigenvalue weighted by atomic mass is 9.83. The van der Waals surface area contributed by atoms with Gasteiger partial charge in [0.1, 0.15) is 6.04 Å². The molecule has 4 amide bonds. The smallest absolute Gasteiger partial charge is 0.327 e. The summed E-state index contributed by atoms with van der Waals surface area (Å²) in [5.74, 6) is 0.487. The number of benzene rings is 1. The molecule has 5 rings (SSSR count). The minimum absolute atomic E-state index is 0.101. The standard InChI is InChI=1S/C28H40N4O4/c1-36-17-16-30(19-23-10-6-14-29-13-5-4-11-24(23)29)26(33)12-7-15-31-27(34)25-18-21-8-2-3-9-22(21)20-32(25)28(31)35/h2-3,8-9,23-25H,4-7,10-20H2,1H3/t23-,24+,25+/m0/s1. The maximum absolute atomic E-state index is 13.3. The maximum atomic E-state index is 13.3. The molecular weight excluding hydrogens is 456 g/mol. The van der Waals surface area contributed by atoms with Crippen LogP contribution in [0.25, 0.3) is 0 Å². The van der Waals surface area contributed by atoms with Gasteiger partial charge in [0.2, 0.25) is 5.91 Å². The van der Waals surface area contributed by atoms with Crippen molar-refractivity contribution in [2.45, 2.75) is 70.0 Å². The number of ether oxygens (including phenoxy) is 1. The zero-order chi connectivity index (χ0) is 25.1. The predicted molar refractivity (Wildman–Crippen MR) is 136 cm³/mol. The Morgan fingerprint density at radius 2 is 1.89 bits per heavy atom. The summed E-state index contributed by atoms with van der Waals surface area (Å²) in [5.41, 5.74) is 2.25. The van der Waals surface area contributed by atoms with Crippen molar-refractivity contribution in [3.05, 3.63) is 35.4 Å². The molecule has 0 aliphatic carbocycles. The molecule has 0 radical (unpaired) electrons. The number of rotatable bonds is 9. The molecule has 8 nitrogen and oxygen atoms in total. The fourth-order valence-corrected chi connectivity index (χ4v) is 6.72. The lowest BCUT2D eigenvalue weighted by Gasteiger charge is -2.45. The number of amides is 4. The molecule has 3 fully saturated rings. The van der Waals surface area contributed by atoms with Gasteiger partial charge in [0.05, 0.1) is 6.61 Å². The van der Waals surface area contributed by atoms with Crippen molar-refractivity contribution in [3.8, 4) is 0 Å². The second-order valence-electron chi connectivity index (χ2n) is 10.8. The second-order valence-corrected chi connectivity index (χ2v) is 10.8. The Bertz CT molecular complexity index is 924. The third kappa shape index (κ3) is 5.16. The van der Waals surface area contributed by atoms with E-state index >= 15 is 0 Å². The van der Waals surface area contributed by atoms with Crippen molar-refractivity contribution < 1.29 is 19.1 Å². The molecule has 4 aliphatic heterocycles. The lowest BCUT2D eigenvalue weighted by Crippen LogP contribution is -2.52. The Kier molecular flexibility index (Phi) is 7.91. The number of imide groups is 1. The monoisotopic (exact) mass is 496 g/mol. The SMILES string of the molecule is COCCN(C[C@@H]1CCCN2CCCC[C@H]12)C(=O)CCCN1C(=O)[C@H]2Cc3ccccc3CN2C1=O. The molecule has 196 valence electrons. The van der Waals surface area contributed by atoms with E-state index in [9.17, 15) is 14.4 Å². The molecule has 1 aromatic carbocycles. The highest BCUT2D eigenvalue weighted by Gasteiger charge is 2.46. The first-order valence-corrected chi connectivity index (χ1v) is 13.8. The number of fused-ring (bicyclic) bond motifs is 3. The van der Waals surface area contributed by atoms with Crippen LogP contribution < -0.4 is 0 Å². The predicted octanol–water partition coefficient (Wildman–Crippen LogP) is 2.90. The fourth-order valence-electron chi connectivity index (χ4n) is 6.72. The van der Waals surface area contributed by atoms with E-state index in [2.05, 4.69) is 4.90 Å².